The Morgan fingerprint density at radius 3 is 2.00 bits per heavy atom. The fourth-order valence-electron chi connectivity index (χ4n) is 1.35. The van der Waals surface area contributed by atoms with Crippen LogP contribution in [-0.4, -0.2) is 21.1 Å². The summed E-state index contributed by atoms with van der Waals surface area (Å²) in [7, 11) is -3.45. The summed E-state index contributed by atoms with van der Waals surface area (Å²) in [5.74, 6) is -0.0278. The molecule has 1 aromatic carbocycles. The topological polar surface area (TPSA) is 34.1 Å². The van der Waals surface area contributed by atoms with Gasteiger partial charge in [0, 0.05) is 0 Å². The number of unbranched alkanes of at least 4 members (excludes halogenated alkanes) is 1. The van der Waals surface area contributed by atoms with E-state index in [1.54, 1.807) is 0 Å². The average Bonchev–Trinajstić information content (AvgIpc) is 2.25. The summed E-state index contributed by atoms with van der Waals surface area (Å²) in [6.07, 6.45) is 1.23. The van der Waals surface area contributed by atoms with Gasteiger partial charge in [-0.05, 0) is 18.6 Å². The van der Waals surface area contributed by atoms with E-state index in [2.05, 4.69) is 0 Å². The van der Waals surface area contributed by atoms with Crippen LogP contribution in [0.3, 0.4) is 0 Å². The summed E-state index contributed by atoms with van der Waals surface area (Å²) < 4.78 is 60.3. The molecule has 0 heterocycles. The van der Waals surface area contributed by atoms with Crippen LogP contribution in [0.1, 0.15) is 19.8 Å². The number of benzene rings is 1. The summed E-state index contributed by atoms with van der Waals surface area (Å²) in [4.78, 5) is -0.0465. The van der Waals surface area contributed by atoms with Gasteiger partial charge in [-0.3, -0.25) is 0 Å². The van der Waals surface area contributed by atoms with E-state index in [4.69, 9.17) is 0 Å². The molecule has 0 aliphatic rings. The van der Waals surface area contributed by atoms with E-state index in [0.29, 0.717) is 6.42 Å². The van der Waals surface area contributed by atoms with Gasteiger partial charge >= 0.3 is 58.4 Å². The Hall–Kier alpha value is 0.661. The van der Waals surface area contributed by atoms with Crippen molar-refractivity contribution in [3.8, 4) is 0 Å². The first kappa shape index (κ1) is 18.7. The molecular weight excluding hydrogens is 291 g/mol. The van der Waals surface area contributed by atoms with Crippen LogP contribution in [0.15, 0.2) is 29.2 Å². The predicted molar refractivity (Wildman–Crippen MR) is 62.1 cm³/mol. The van der Waals surface area contributed by atoms with E-state index in [-0.39, 0.29) is 62.0 Å². The number of hydrogen-bond acceptors (Lipinski definition) is 2. The zero-order chi connectivity index (χ0) is 13.1. The van der Waals surface area contributed by atoms with Crippen LogP contribution in [0.5, 0.6) is 0 Å². The Morgan fingerprint density at radius 1 is 1.11 bits per heavy atom. The van der Waals surface area contributed by atoms with Gasteiger partial charge in [-0.2, -0.15) is 0 Å². The normalized spacial score (nSPS) is 12.0. The number of hydrogen-bond donors (Lipinski definition) is 0. The van der Waals surface area contributed by atoms with E-state index >= 15 is 0 Å². The van der Waals surface area contributed by atoms with Crippen molar-refractivity contribution in [1.82, 2.24) is 0 Å². The second-order valence-corrected chi connectivity index (χ2v) is 5.93. The fraction of sp³-hybridized carbons (Fsp3) is 0.400. The van der Waals surface area contributed by atoms with Crippen molar-refractivity contribution < 1.29 is 72.7 Å². The maximum Gasteiger partial charge on any atom is 1.00 e. The third-order valence-electron chi connectivity index (χ3n) is 2.38. The molecular formula is C10H13BF3KO2S. The summed E-state index contributed by atoms with van der Waals surface area (Å²) in [6.45, 7) is -3.22. The Balaban J connectivity index is 0.00000289. The first-order chi connectivity index (χ1) is 7.77. The van der Waals surface area contributed by atoms with Crippen LogP contribution in [0.4, 0.5) is 12.9 Å². The molecule has 96 valence electrons. The standard InChI is InChI=1S/C10H13BF3O2S.K/c1-2-3-8-17(15,16)10-6-4-9(5-7-10)11(12,13)14;/h4-7H,2-3,8H2,1H3;/q-1;+1. The molecule has 0 saturated carbocycles. The van der Waals surface area contributed by atoms with Crippen LogP contribution < -0.4 is 56.8 Å². The molecule has 0 aliphatic heterocycles. The molecule has 0 radical (unpaired) electrons. The summed E-state index contributed by atoms with van der Waals surface area (Å²) in [6, 6.07) is 3.68. The van der Waals surface area contributed by atoms with Crippen molar-refractivity contribution in [3.05, 3.63) is 24.3 Å². The second kappa shape index (κ2) is 7.45. The van der Waals surface area contributed by atoms with E-state index in [0.717, 1.165) is 30.7 Å². The molecule has 0 aromatic heterocycles. The summed E-state index contributed by atoms with van der Waals surface area (Å²) in [5, 5.41) is 0. The first-order valence-corrected chi connectivity index (χ1v) is 6.95. The SMILES string of the molecule is CCCCS(=O)(=O)c1ccc([B-](F)(F)F)cc1.[K+]. The van der Waals surface area contributed by atoms with Gasteiger partial charge in [0.05, 0.1) is 10.6 Å². The van der Waals surface area contributed by atoms with Gasteiger partial charge in [-0.1, -0.05) is 25.5 Å². The van der Waals surface area contributed by atoms with Gasteiger partial charge in [-0.15, -0.1) is 5.46 Å². The average molecular weight is 304 g/mol. The van der Waals surface area contributed by atoms with E-state index in [1.807, 2.05) is 6.92 Å². The van der Waals surface area contributed by atoms with Crippen molar-refractivity contribution >= 4 is 22.3 Å². The monoisotopic (exact) mass is 304 g/mol. The minimum absolute atomic E-state index is 0. The van der Waals surface area contributed by atoms with Crippen molar-refractivity contribution in [2.45, 2.75) is 24.7 Å². The van der Waals surface area contributed by atoms with Crippen LogP contribution >= 0.6 is 0 Å². The van der Waals surface area contributed by atoms with E-state index < -0.39 is 22.3 Å². The molecule has 0 bridgehead atoms. The van der Waals surface area contributed by atoms with Gasteiger partial charge in [-0.25, -0.2) is 8.42 Å². The minimum Gasteiger partial charge on any atom is -0.445 e. The molecule has 0 fully saturated rings. The molecule has 0 saturated heterocycles. The Bertz CT molecular complexity index is 471. The van der Waals surface area contributed by atoms with Crippen molar-refractivity contribution in [2.24, 2.45) is 0 Å². The van der Waals surface area contributed by atoms with Crippen molar-refractivity contribution in [2.75, 3.05) is 5.75 Å². The van der Waals surface area contributed by atoms with Crippen molar-refractivity contribution in [1.29, 1.82) is 0 Å². The molecule has 18 heavy (non-hydrogen) atoms. The maximum atomic E-state index is 12.3. The Kier molecular flexibility index (Phi) is 7.72. The number of halogens is 3. The van der Waals surface area contributed by atoms with Gasteiger partial charge in [0.1, 0.15) is 0 Å². The van der Waals surface area contributed by atoms with Gasteiger partial charge < -0.3 is 12.9 Å². The van der Waals surface area contributed by atoms with E-state index in [1.165, 1.54) is 0 Å². The third-order valence-corrected chi connectivity index (χ3v) is 4.20. The van der Waals surface area contributed by atoms with Crippen LogP contribution in [0.2, 0.25) is 0 Å². The maximum absolute atomic E-state index is 12.3. The molecule has 0 amide bonds. The molecule has 1 rings (SSSR count). The first-order valence-electron chi connectivity index (χ1n) is 5.30. The molecule has 8 heteroatoms. The van der Waals surface area contributed by atoms with Crippen LogP contribution in [-0.2, 0) is 9.84 Å². The summed E-state index contributed by atoms with van der Waals surface area (Å²) in [5.41, 5.74) is -0.778. The second-order valence-electron chi connectivity index (χ2n) is 3.82. The minimum atomic E-state index is -5.07. The Labute approximate surface area is 148 Å². The molecule has 0 spiro atoms. The van der Waals surface area contributed by atoms with Crippen molar-refractivity contribution in [3.63, 3.8) is 0 Å². The quantitative estimate of drug-likeness (QED) is 0.676. The molecule has 1 aromatic rings. The fourth-order valence-corrected chi connectivity index (χ4v) is 2.80. The van der Waals surface area contributed by atoms with Crippen LogP contribution in [0, 0.1) is 0 Å². The zero-order valence-corrected chi connectivity index (χ0v) is 14.3. The molecule has 0 aliphatic carbocycles. The molecule has 0 N–H and O–H groups in total. The number of sulfone groups is 1. The predicted octanol–water partition coefficient (Wildman–Crippen LogP) is -0.681. The largest absolute Gasteiger partial charge is 1.00 e. The molecule has 0 atom stereocenters. The Morgan fingerprint density at radius 2 is 1.61 bits per heavy atom. The molecule has 0 unspecified atom stereocenters. The summed E-state index contributed by atoms with van der Waals surface area (Å²) >= 11 is 0. The number of rotatable bonds is 5. The van der Waals surface area contributed by atoms with Crippen LogP contribution in [0.25, 0.3) is 0 Å². The van der Waals surface area contributed by atoms with Gasteiger partial charge in [0.2, 0.25) is 0 Å². The smallest absolute Gasteiger partial charge is 0.445 e. The zero-order valence-electron chi connectivity index (χ0n) is 10.4. The molecule has 2 nitrogen and oxygen atoms in total. The third kappa shape index (κ3) is 5.34. The van der Waals surface area contributed by atoms with E-state index in [9.17, 15) is 21.4 Å². The van der Waals surface area contributed by atoms with Gasteiger partial charge in [0.15, 0.2) is 9.84 Å². The van der Waals surface area contributed by atoms with Gasteiger partial charge in [0.25, 0.3) is 0 Å².